The fourth-order valence-electron chi connectivity index (χ4n) is 3.22. The maximum Gasteiger partial charge on any atom is 0.269 e. The predicted octanol–water partition coefficient (Wildman–Crippen LogP) is 2.52. The van der Waals surface area contributed by atoms with Gasteiger partial charge in [0.1, 0.15) is 4.90 Å². The molecule has 0 unspecified atom stereocenters. The average Bonchev–Trinajstić information content (AvgIpc) is 2.91. The van der Waals surface area contributed by atoms with Gasteiger partial charge in [-0.1, -0.05) is 42.1 Å². The van der Waals surface area contributed by atoms with Gasteiger partial charge >= 0.3 is 0 Å². The van der Waals surface area contributed by atoms with E-state index in [1.165, 1.54) is 28.5 Å². The third-order valence-corrected chi connectivity index (χ3v) is 7.37. The molecule has 0 saturated heterocycles. The summed E-state index contributed by atoms with van der Waals surface area (Å²) < 4.78 is 27.7. The first-order chi connectivity index (χ1) is 13.9. The molecule has 0 aliphatic carbocycles. The number of carbonyl (C=O) groups excluding carboxylic acids is 1. The van der Waals surface area contributed by atoms with E-state index in [1.807, 2.05) is 0 Å². The molecule has 0 spiro atoms. The molecule has 0 bridgehead atoms. The van der Waals surface area contributed by atoms with Gasteiger partial charge in [-0.25, -0.2) is 17.7 Å². The van der Waals surface area contributed by atoms with E-state index in [9.17, 15) is 18.0 Å². The van der Waals surface area contributed by atoms with E-state index >= 15 is 0 Å². The lowest BCUT2D eigenvalue weighted by atomic mass is 10.2. The Morgan fingerprint density at radius 1 is 1.07 bits per heavy atom. The molecule has 9 heteroatoms. The number of amides is 1. The molecule has 0 radical (unpaired) electrons. The molecule has 1 aromatic heterocycles. The zero-order valence-corrected chi connectivity index (χ0v) is 16.9. The summed E-state index contributed by atoms with van der Waals surface area (Å²) in [5, 5.41) is 0.960. The highest BCUT2D eigenvalue weighted by Crippen LogP contribution is 2.30. The molecule has 29 heavy (non-hydrogen) atoms. The summed E-state index contributed by atoms with van der Waals surface area (Å²) in [6.45, 7) is 3.95. The Labute approximate surface area is 171 Å². The van der Waals surface area contributed by atoms with Crippen molar-refractivity contribution >= 4 is 38.6 Å². The van der Waals surface area contributed by atoms with Crippen molar-refractivity contribution in [2.45, 2.75) is 16.6 Å². The second-order valence-electron chi connectivity index (χ2n) is 6.34. The summed E-state index contributed by atoms with van der Waals surface area (Å²) in [6.07, 6.45) is 1.60. The minimum Gasteiger partial charge on any atom is -0.283 e. The molecule has 1 aliphatic heterocycles. The predicted molar refractivity (Wildman–Crippen MR) is 112 cm³/mol. The van der Waals surface area contributed by atoms with Crippen LogP contribution >= 0.6 is 11.8 Å². The second-order valence-corrected chi connectivity index (χ2v) is 9.24. The molecule has 2 heterocycles. The number of sulfonamides is 1. The molecular formula is C20H17N3O4S2. The number of nitrogens with zero attached hydrogens (tertiary/aromatic N) is 3. The van der Waals surface area contributed by atoms with E-state index in [-0.39, 0.29) is 34.9 Å². The van der Waals surface area contributed by atoms with Crippen LogP contribution in [0.15, 0.2) is 76.0 Å². The van der Waals surface area contributed by atoms with Crippen molar-refractivity contribution in [1.82, 2.24) is 13.9 Å². The zero-order chi connectivity index (χ0) is 20.6. The van der Waals surface area contributed by atoms with Crippen molar-refractivity contribution in [3.05, 3.63) is 77.1 Å². The summed E-state index contributed by atoms with van der Waals surface area (Å²) in [6, 6.07) is 13.2. The summed E-state index contributed by atoms with van der Waals surface area (Å²) in [4.78, 5) is 29.8. The van der Waals surface area contributed by atoms with Gasteiger partial charge in [-0.3, -0.25) is 14.2 Å². The quantitative estimate of drug-likeness (QED) is 0.341. The van der Waals surface area contributed by atoms with Crippen molar-refractivity contribution in [1.29, 1.82) is 0 Å². The van der Waals surface area contributed by atoms with Crippen molar-refractivity contribution in [3.8, 4) is 0 Å². The smallest absolute Gasteiger partial charge is 0.269 e. The number of benzene rings is 2. The number of rotatable bonds is 6. The number of carbonyl (C=O) groups is 1. The van der Waals surface area contributed by atoms with E-state index in [2.05, 4.69) is 11.6 Å². The molecule has 0 atom stereocenters. The van der Waals surface area contributed by atoms with Gasteiger partial charge in [-0.05, 0) is 24.3 Å². The Hall–Kier alpha value is -2.91. The third-order valence-electron chi connectivity index (χ3n) is 4.58. The lowest BCUT2D eigenvalue weighted by molar-refractivity contribution is 0.0876. The number of aromatic nitrogens is 2. The van der Waals surface area contributed by atoms with Crippen LogP contribution in [0.4, 0.5) is 0 Å². The fourth-order valence-corrected chi connectivity index (χ4v) is 5.84. The molecule has 148 valence electrons. The third kappa shape index (κ3) is 3.26. The number of para-hydroxylation sites is 1. The Bertz CT molecular complexity index is 1300. The average molecular weight is 428 g/mol. The van der Waals surface area contributed by atoms with Crippen LogP contribution in [0.3, 0.4) is 0 Å². The molecule has 1 aliphatic rings. The van der Waals surface area contributed by atoms with Gasteiger partial charge in [-0.15, -0.1) is 6.58 Å². The maximum atomic E-state index is 12.8. The monoisotopic (exact) mass is 427 g/mol. The molecular weight excluding hydrogens is 410 g/mol. The van der Waals surface area contributed by atoms with E-state index < -0.39 is 15.9 Å². The van der Waals surface area contributed by atoms with Crippen LogP contribution < -0.4 is 5.56 Å². The number of hydrogen-bond acceptors (Lipinski definition) is 6. The van der Waals surface area contributed by atoms with E-state index in [1.54, 1.807) is 42.5 Å². The van der Waals surface area contributed by atoms with Crippen molar-refractivity contribution in [2.24, 2.45) is 0 Å². The highest BCUT2D eigenvalue weighted by molar-refractivity contribution is 7.99. The number of allylic oxidation sites excluding steroid dienone is 1. The normalized spacial score (nSPS) is 14.9. The Balaban J connectivity index is 1.60. The SMILES string of the molecule is C=CCn1c(SCCN2C(=O)c3ccccc3S2(=O)=O)nc2ccccc2c1=O. The van der Waals surface area contributed by atoms with Crippen LogP contribution in [0.5, 0.6) is 0 Å². The van der Waals surface area contributed by atoms with Gasteiger partial charge in [-0.2, -0.15) is 0 Å². The van der Waals surface area contributed by atoms with Crippen molar-refractivity contribution in [3.63, 3.8) is 0 Å². The van der Waals surface area contributed by atoms with Gasteiger partial charge in [0.25, 0.3) is 21.5 Å². The minimum atomic E-state index is -3.85. The van der Waals surface area contributed by atoms with E-state index in [0.717, 1.165) is 4.31 Å². The standard InChI is InChI=1S/C20H17N3O4S2/c1-2-11-22-18(24)14-7-3-5-9-16(14)21-20(22)28-13-12-23-19(25)15-8-4-6-10-17(15)29(23,26)27/h2-10H,1,11-13H2. The van der Waals surface area contributed by atoms with Crippen LogP contribution in [-0.4, -0.2) is 40.5 Å². The number of thioether (sulfide) groups is 1. The highest BCUT2D eigenvalue weighted by atomic mass is 32.2. The van der Waals surface area contributed by atoms with Gasteiger partial charge in [0.2, 0.25) is 0 Å². The lowest BCUT2D eigenvalue weighted by Gasteiger charge is -2.16. The molecule has 7 nitrogen and oxygen atoms in total. The van der Waals surface area contributed by atoms with Crippen LogP contribution in [-0.2, 0) is 16.6 Å². The van der Waals surface area contributed by atoms with Crippen molar-refractivity contribution in [2.75, 3.05) is 12.3 Å². The zero-order valence-electron chi connectivity index (χ0n) is 15.3. The summed E-state index contributed by atoms with van der Waals surface area (Å²) >= 11 is 1.23. The van der Waals surface area contributed by atoms with Crippen LogP contribution in [0.2, 0.25) is 0 Å². The highest BCUT2D eigenvalue weighted by Gasteiger charge is 2.40. The Morgan fingerprint density at radius 2 is 1.79 bits per heavy atom. The van der Waals surface area contributed by atoms with Crippen LogP contribution in [0.1, 0.15) is 10.4 Å². The Kier molecular flexibility index (Phi) is 5.01. The van der Waals surface area contributed by atoms with Gasteiger partial charge < -0.3 is 0 Å². The molecule has 0 saturated carbocycles. The van der Waals surface area contributed by atoms with Crippen LogP contribution in [0.25, 0.3) is 10.9 Å². The minimum absolute atomic E-state index is 0.0166. The number of fused-ring (bicyclic) bond motifs is 2. The molecule has 4 rings (SSSR count). The first-order valence-electron chi connectivity index (χ1n) is 8.84. The van der Waals surface area contributed by atoms with E-state index in [0.29, 0.717) is 16.1 Å². The van der Waals surface area contributed by atoms with E-state index in [4.69, 9.17) is 0 Å². The first-order valence-corrected chi connectivity index (χ1v) is 11.3. The molecule has 1 amide bonds. The molecule has 2 aromatic carbocycles. The Morgan fingerprint density at radius 3 is 2.55 bits per heavy atom. The lowest BCUT2D eigenvalue weighted by Crippen LogP contribution is -2.32. The fraction of sp³-hybridized carbons (Fsp3) is 0.150. The molecule has 0 N–H and O–H groups in total. The second kappa shape index (κ2) is 7.49. The van der Waals surface area contributed by atoms with Crippen LogP contribution in [0, 0.1) is 0 Å². The molecule has 3 aromatic rings. The van der Waals surface area contributed by atoms with Gasteiger partial charge in [0.15, 0.2) is 5.16 Å². The maximum absolute atomic E-state index is 12.8. The van der Waals surface area contributed by atoms with Crippen molar-refractivity contribution < 1.29 is 13.2 Å². The summed E-state index contributed by atoms with van der Waals surface area (Å²) in [5.41, 5.74) is 0.567. The topological polar surface area (TPSA) is 89.3 Å². The summed E-state index contributed by atoms with van der Waals surface area (Å²) in [7, 11) is -3.85. The largest absolute Gasteiger partial charge is 0.283 e. The molecule has 0 fully saturated rings. The van der Waals surface area contributed by atoms with Gasteiger partial charge in [0, 0.05) is 18.8 Å². The van der Waals surface area contributed by atoms with Gasteiger partial charge in [0.05, 0.1) is 16.5 Å². The summed E-state index contributed by atoms with van der Waals surface area (Å²) in [5.74, 6) is -0.267. The first kappa shape index (κ1) is 19.4. The number of hydrogen-bond donors (Lipinski definition) is 0.